The molecule has 3 aromatic carbocycles. The monoisotopic (exact) mass is 455 g/mol. The highest BCUT2D eigenvalue weighted by Gasteiger charge is 2.53. The molecule has 2 nitrogen and oxygen atoms in total. The summed E-state index contributed by atoms with van der Waals surface area (Å²) in [6.07, 6.45) is 8.18. The topological polar surface area (TPSA) is 20.3 Å². The van der Waals surface area contributed by atoms with Gasteiger partial charge in [0.15, 0.2) is 7.14 Å². The third kappa shape index (κ3) is 3.33. The molecular formula is C30H34NOP. The molecule has 7 rings (SSSR count). The van der Waals surface area contributed by atoms with Crippen molar-refractivity contribution in [3.63, 3.8) is 0 Å². The summed E-state index contributed by atoms with van der Waals surface area (Å²) in [5.74, 6) is 2.63. The van der Waals surface area contributed by atoms with E-state index in [9.17, 15) is 0 Å². The van der Waals surface area contributed by atoms with Crippen molar-refractivity contribution in [3.8, 4) is 0 Å². The fourth-order valence-corrected chi connectivity index (χ4v) is 10.7. The highest BCUT2D eigenvalue weighted by molar-refractivity contribution is 7.85. The minimum Gasteiger partial charge on any atom is -0.368 e. The zero-order valence-electron chi connectivity index (χ0n) is 19.8. The van der Waals surface area contributed by atoms with Crippen molar-refractivity contribution >= 4 is 28.7 Å². The molecule has 0 radical (unpaired) electrons. The Morgan fingerprint density at radius 3 is 1.70 bits per heavy atom. The molecule has 0 spiro atoms. The van der Waals surface area contributed by atoms with Crippen LogP contribution in [-0.2, 0) is 4.57 Å². The Morgan fingerprint density at radius 1 is 0.727 bits per heavy atom. The lowest BCUT2D eigenvalue weighted by Crippen LogP contribution is -2.60. The van der Waals surface area contributed by atoms with Crippen LogP contribution < -0.4 is 20.8 Å². The van der Waals surface area contributed by atoms with Crippen LogP contribution in [0.2, 0.25) is 0 Å². The van der Waals surface area contributed by atoms with Gasteiger partial charge in [0.05, 0.1) is 5.69 Å². The first-order valence-electron chi connectivity index (χ1n) is 12.5. The van der Waals surface area contributed by atoms with Gasteiger partial charge in [0.25, 0.3) is 0 Å². The molecule has 4 saturated carbocycles. The summed E-state index contributed by atoms with van der Waals surface area (Å²) in [7, 11) is -0.724. The van der Waals surface area contributed by atoms with Crippen molar-refractivity contribution in [1.82, 2.24) is 0 Å². The van der Waals surface area contributed by atoms with Gasteiger partial charge in [0.1, 0.15) is 0 Å². The molecule has 0 saturated heterocycles. The number of hydrogen-bond donors (Lipinski definition) is 0. The summed E-state index contributed by atoms with van der Waals surface area (Å²) in [4.78, 5) is 2.60. The van der Waals surface area contributed by atoms with E-state index in [0.29, 0.717) is 0 Å². The Balaban J connectivity index is 1.54. The molecule has 0 aromatic heterocycles. The maximum Gasteiger partial charge on any atom is 0.173 e. The van der Waals surface area contributed by atoms with Crippen LogP contribution in [0.5, 0.6) is 0 Å². The first-order valence-corrected chi connectivity index (χ1v) is 14.3. The van der Waals surface area contributed by atoms with Crippen molar-refractivity contribution in [2.24, 2.45) is 17.8 Å². The number of hydrogen-bond acceptors (Lipinski definition) is 2. The van der Waals surface area contributed by atoms with Gasteiger partial charge in [0, 0.05) is 28.5 Å². The van der Waals surface area contributed by atoms with Crippen LogP contribution in [0.15, 0.2) is 78.9 Å². The normalized spacial score (nSPS) is 28.1. The van der Waals surface area contributed by atoms with Gasteiger partial charge in [-0.25, -0.2) is 0 Å². The fourth-order valence-electron chi connectivity index (χ4n) is 7.75. The van der Waals surface area contributed by atoms with Crippen molar-refractivity contribution < 1.29 is 4.57 Å². The average Bonchev–Trinajstić information content (AvgIpc) is 2.83. The van der Waals surface area contributed by atoms with Crippen LogP contribution in [0.1, 0.15) is 44.1 Å². The molecule has 170 valence electrons. The minimum absolute atomic E-state index is 0.216. The lowest BCUT2D eigenvalue weighted by molar-refractivity contribution is -0.00198. The van der Waals surface area contributed by atoms with Gasteiger partial charge in [-0.1, -0.05) is 72.8 Å². The van der Waals surface area contributed by atoms with Gasteiger partial charge in [0.2, 0.25) is 0 Å². The Labute approximate surface area is 198 Å². The molecule has 0 unspecified atom stereocenters. The van der Waals surface area contributed by atoms with Crippen LogP contribution >= 0.6 is 7.14 Å². The molecule has 4 bridgehead atoms. The van der Waals surface area contributed by atoms with Gasteiger partial charge in [-0.05, 0) is 74.8 Å². The van der Waals surface area contributed by atoms with E-state index < -0.39 is 7.14 Å². The summed E-state index contributed by atoms with van der Waals surface area (Å²) in [5, 5.41) is 2.84. The van der Waals surface area contributed by atoms with E-state index in [2.05, 4.69) is 37.1 Å². The Hall–Kier alpha value is -2.31. The molecule has 4 aliphatic rings. The molecule has 0 N–H and O–H groups in total. The van der Waals surface area contributed by atoms with Crippen molar-refractivity contribution in [2.75, 3.05) is 11.9 Å². The molecular weight excluding hydrogens is 421 g/mol. The second-order valence-corrected chi connectivity index (χ2v) is 13.7. The maximum atomic E-state index is 15.3. The van der Waals surface area contributed by atoms with Crippen LogP contribution in [0.3, 0.4) is 0 Å². The average molecular weight is 456 g/mol. The van der Waals surface area contributed by atoms with Crippen LogP contribution in [0, 0.1) is 24.7 Å². The SMILES string of the molecule is Cc1cccc(P(=O)(c2ccccc2)c2ccccc2)c1N(C)C12CC3CC(CC(C3)C1)C2. The first kappa shape index (κ1) is 21.2. The molecule has 0 amide bonds. The number of benzene rings is 3. The lowest BCUT2D eigenvalue weighted by Gasteiger charge is -2.60. The molecule has 3 heteroatoms. The Kier molecular flexibility index (Phi) is 5.07. The van der Waals surface area contributed by atoms with Gasteiger partial charge in [-0.15, -0.1) is 0 Å². The van der Waals surface area contributed by atoms with Crippen LogP contribution in [0.4, 0.5) is 5.69 Å². The van der Waals surface area contributed by atoms with E-state index in [1.165, 1.54) is 49.8 Å². The molecule has 0 atom stereocenters. The Bertz CT molecular complexity index is 1120. The highest BCUT2D eigenvalue weighted by atomic mass is 31.2. The van der Waals surface area contributed by atoms with E-state index in [4.69, 9.17) is 0 Å². The van der Waals surface area contributed by atoms with E-state index in [1.807, 2.05) is 60.7 Å². The number of aryl methyl sites for hydroxylation is 1. The molecule has 0 heterocycles. The summed E-state index contributed by atoms with van der Waals surface area (Å²) >= 11 is 0. The van der Waals surface area contributed by atoms with Crippen molar-refractivity contribution in [2.45, 2.75) is 51.0 Å². The van der Waals surface area contributed by atoms with Crippen LogP contribution in [-0.4, -0.2) is 12.6 Å². The fraction of sp³-hybridized carbons (Fsp3) is 0.400. The zero-order valence-corrected chi connectivity index (χ0v) is 20.7. The lowest BCUT2D eigenvalue weighted by atomic mass is 9.52. The summed E-state index contributed by atoms with van der Waals surface area (Å²) < 4.78 is 15.3. The maximum absolute atomic E-state index is 15.3. The predicted octanol–water partition coefficient (Wildman–Crippen LogP) is 6.04. The molecule has 4 aliphatic carbocycles. The largest absolute Gasteiger partial charge is 0.368 e. The highest BCUT2D eigenvalue weighted by Crippen LogP contribution is 2.59. The van der Waals surface area contributed by atoms with E-state index in [0.717, 1.165) is 33.7 Å². The predicted molar refractivity (Wildman–Crippen MR) is 140 cm³/mol. The second kappa shape index (κ2) is 7.88. The van der Waals surface area contributed by atoms with Crippen LogP contribution in [0.25, 0.3) is 0 Å². The van der Waals surface area contributed by atoms with E-state index >= 15 is 4.57 Å². The van der Waals surface area contributed by atoms with E-state index in [-0.39, 0.29) is 5.54 Å². The van der Waals surface area contributed by atoms with Crippen molar-refractivity contribution in [1.29, 1.82) is 0 Å². The number of rotatable bonds is 5. The summed E-state index contributed by atoms with van der Waals surface area (Å²) in [5.41, 5.74) is 2.65. The molecule has 4 fully saturated rings. The second-order valence-electron chi connectivity index (χ2n) is 10.9. The summed E-state index contributed by atoms with van der Waals surface area (Å²) in [6, 6.07) is 26.7. The molecule has 33 heavy (non-hydrogen) atoms. The Morgan fingerprint density at radius 2 is 1.21 bits per heavy atom. The first-order chi connectivity index (χ1) is 16.0. The molecule has 3 aromatic rings. The summed E-state index contributed by atoms with van der Waals surface area (Å²) in [6.45, 7) is 2.20. The minimum atomic E-state index is -3.03. The van der Waals surface area contributed by atoms with Gasteiger partial charge < -0.3 is 9.46 Å². The van der Waals surface area contributed by atoms with Gasteiger partial charge in [-0.3, -0.25) is 0 Å². The number of nitrogens with zero attached hydrogens (tertiary/aromatic N) is 1. The van der Waals surface area contributed by atoms with Crippen molar-refractivity contribution in [3.05, 3.63) is 84.4 Å². The number of para-hydroxylation sites is 1. The molecule has 0 aliphatic heterocycles. The van der Waals surface area contributed by atoms with E-state index in [1.54, 1.807) is 0 Å². The zero-order chi connectivity index (χ0) is 22.6. The van der Waals surface area contributed by atoms with Gasteiger partial charge >= 0.3 is 0 Å². The number of anilines is 1. The third-order valence-corrected chi connectivity index (χ3v) is 11.9. The third-order valence-electron chi connectivity index (χ3n) is 8.85. The standard InChI is InChI=1S/C30H34NOP/c1-22-10-9-15-28(33(32,26-11-5-3-6-12-26)27-13-7-4-8-14-27)29(22)31(2)30-19-23-16-24(20-30)18-25(17-23)21-30/h3-15,23-25H,16-21H2,1-2H3. The quantitative estimate of drug-likeness (QED) is 0.437. The van der Waals surface area contributed by atoms with Gasteiger partial charge in [-0.2, -0.15) is 0 Å². The smallest absolute Gasteiger partial charge is 0.173 e.